The lowest BCUT2D eigenvalue weighted by Crippen LogP contribution is -1.94. The zero-order valence-corrected chi connectivity index (χ0v) is 14.3. The van der Waals surface area contributed by atoms with Crippen molar-refractivity contribution in [3.05, 3.63) is 66.6 Å². The molecule has 0 saturated carbocycles. The standard InChI is InChI=1S/C20H16FN3O2/c1-25-17-6-4-3-5-15(17)20-23-22-19-10-8-14(12-24(19)20)13-7-9-18(26-2)16(21)11-13/h3-12H,1-2H3. The lowest BCUT2D eigenvalue weighted by Gasteiger charge is -2.08. The molecule has 0 spiro atoms. The molecule has 0 saturated heterocycles. The van der Waals surface area contributed by atoms with E-state index in [9.17, 15) is 4.39 Å². The second-order valence-corrected chi connectivity index (χ2v) is 5.72. The Morgan fingerprint density at radius 2 is 1.62 bits per heavy atom. The van der Waals surface area contributed by atoms with Crippen LogP contribution in [0, 0.1) is 5.82 Å². The fourth-order valence-electron chi connectivity index (χ4n) is 2.92. The van der Waals surface area contributed by atoms with Crippen molar-refractivity contribution in [2.24, 2.45) is 0 Å². The van der Waals surface area contributed by atoms with Gasteiger partial charge in [-0.2, -0.15) is 0 Å². The second-order valence-electron chi connectivity index (χ2n) is 5.72. The third-order valence-corrected chi connectivity index (χ3v) is 4.24. The number of hydrogen-bond donors (Lipinski definition) is 0. The number of aromatic nitrogens is 3. The number of pyridine rings is 1. The van der Waals surface area contributed by atoms with Gasteiger partial charge in [-0.15, -0.1) is 10.2 Å². The predicted molar refractivity (Wildman–Crippen MR) is 96.9 cm³/mol. The Kier molecular flexibility index (Phi) is 4.01. The van der Waals surface area contributed by atoms with Crippen LogP contribution in [0.15, 0.2) is 60.8 Å². The molecule has 26 heavy (non-hydrogen) atoms. The van der Waals surface area contributed by atoms with E-state index < -0.39 is 5.82 Å². The predicted octanol–water partition coefficient (Wildman–Crippen LogP) is 4.22. The van der Waals surface area contributed by atoms with Crippen LogP contribution in [-0.4, -0.2) is 28.8 Å². The number of benzene rings is 2. The first-order chi connectivity index (χ1) is 12.7. The fourth-order valence-corrected chi connectivity index (χ4v) is 2.92. The number of halogens is 1. The first-order valence-electron chi connectivity index (χ1n) is 8.03. The Labute approximate surface area is 149 Å². The second kappa shape index (κ2) is 6.48. The summed E-state index contributed by atoms with van der Waals surface area (Å²) in [5.41, 5.74) is 3.11. The van der Waals surface area contributed by atoms with E-state index >= 15 is 0 Å². The van der Waals surface area contributed by atoms with Crippen molar-refractivity contribution in [3.8, 4) is 34.0 Å². The molecule has 130 valence electrons. The molecule has 6 heteroatoms. The van der Waals surface area contributed by atoms with E-state index in [0.29, 0.717) is 17.2 Å². The Hall–Kier alpha value is -3.41. The molecule has 5 nitrogen and oxygen atoms in total. The quantitative estimate of drug-likeness (QED) is 0.553. The van der Waals surface area contributed by atoms with Crippen molar-refractivity contribution in [2.45, 2.75) is 0 Å². The number of fused-ring (bicyclic) bond motifs is 1. The Morgan fingerprint density at radius 3 is 2.38 bits per heavy atom. The normalized spacial score (nSPS) is 10.9. The monoisotopic (exact) mass is 349 g/mol. The van der Waals surface area contributed by atoms with E-state index in [1.54, 1.807) is 13.2 Å². The number of hydrogen-bond acceptors (Lipinski definition) is 4. The zero-order chi connectivity index (χ0) is 18.1. The summed E-state index contributed by atoms with van der Waals surface area (Å²) in [6.07, 6.45) is 1.89. The molecule has 0 radical (unpaired) electrons. The first kappa shape index (κ1) is 16.1. The minimum atomic E-state index is -0.404. The van der Waals surface area contributed by atoms with Crippen molar-refractivity contribution in [1.29, 1.82) is 0 Å². The summed E-state index contributed by atoms with van der Waals surface area (Å²) < 4.78 is 26.3. The summed E-state index contributed by atoms with van der Waals surface area (Å²) in [4.78, 5) is 0. The van der Waals surface area contributed by atoms with Crippen molar-refractivity contribution in [1.82, 2.24) is 14.6 Å². The summed E-state index contributed by atoms with van der Waals surface area (Å²) in [5, 5.41) is 8.51. The van der Waals surface area contributed by atoms with E-state index in [-0.39, 0.29) is 5.75 Å². The van der Waals surface area contributed by atoms with E-state index in [0.717, 1.165) is 16.7 Å². The van der Waals surface area contributed by atoms with Gasteiger partial charge in [0.2, 0.25) is 0 Å². The minimum Gasteiger partial charge on any atom is -0.496 e. The number of rotatable bonds is 4. The molecule has 0 aliphatic carbocycles. The van der Waals surface area contributed by atoms with Crippen molar-refractivity contribution >= 4 is 5.65 Å². The molecule has 0 amide bonds. The Balaban J connectivity index is 1.86. The molecule has 0 N–H and O–H groups in total. The fraction of sp³-hybridized carbons (Fsp3) is 0.100. The molecule has 0 aliphatic rings. The van der Waals surface area contributed by atoms with Crippen LogP contribution in [0.25, 0.3) is 28.2 Å². The molecule has 2 aromatic carbocycles. The highest BCUT2D eigenvalue weighted by molar-refractivity contribution is 5.70. The van der Waals surface area contributed by atoms with Crippen LogP contribution >= 0.6 is 0 Å². The summed E-state index contributed by atoms with van der Waals surface area (Å²) in [6, 6.07) is 16.2. The lowest BCUT2D eigenvalue weighted by atomic mass is 10.1. The third-order valence-electron chi connectivity index (χ3n) is 4.24. The highest BCUT2D eigenvalue weighted by atomic mass is 19.1. The average molecular weight is 349 g/mol. The molecular formula is C20H16FN3O2. The summed E-state index contributed by atoms with van der Waals surface area (Å²) in [5.74, 6) is 1.18. The summed E-state index contributed by atoms with van der Waals surface area (Å²) >= 11 is 0. The van der Waals surface area contributed by atoms with Crippen molar-refractivity contribution in [2.75, 3.05) is 14.2 Å². The van der Waals surface area contributed by atoms with Gasteiger partial charge in [0.05, 0.1) is 19.8 Å². The molecule has 4 rings (SSSR count). The van der Waals surface area contributed by atoms with Crippen LogP contribution in [0.1, 0.15) is 0 Å². The minimum absolute atomic E-state index is 0.217. The smallest absolute Gasteiger partial charge is 0.172 e. The van der Waals surface area contributed by atoms with Gasteiger partial charge in [0.25, 0.3) is 0 Å². The van der Waals surface area contributed by atoms with Gasteiger partial charge in [-0.05, 0) is 47.5 Å². The molecule has 0 atom stereocenters. The average Bonchev–Trinajstić information content (AvgIpc) is 3.10. The largest absolute Gasteiger partial charge is 0.496 e. The van der Waals surface area contributed by atoms with Crippen LogP contribution in [0.4, 0.5) is 4.39 Å². The Bertz CT molecular complexity index is 1090. The number of ether oxygens (including phenoxy) is 2. The zero-order valence-electron chi connectivity index (χ0n) is 14.3. The van der Waals surface area contributed by atoms with E-state index in [2.05, 4.69) is 10.2 Å². The van der Waals surface area contributed by atoms with Crippen LogP contribution in [-0.2, 0) is 0 Å². The summed E-state index contributed by atoms with van der Waals surface area (Å²) in [7, 11) is 3.06. The van der Waals surface area contributed by atoms with E-state index in [1.165, 1.54) is 13.2 Å². The van der Waals surface area contributed by atoms with Crippen LogP contribution in [0.2, 0.25) is 0 Å². The van der Waals surface area contributed by atoms with Gasteiger partial charge in [0.1, 0.15) is 5.75 Å². The summed E-state index contributed by atoms with van der Waals surface area (Å²) in [6.45, 7) is 0. The molecule has 0 aliphatic heterocycles. The number of methoxy groups -OCH3 is 2. The molecule has 2 heterocycles. The van der Waals surface area contributed by atoms with Gasteiger partial charge in [-0.3, -0.25) is 4.40 Å². The van der Waals surface area contributed by atoms with Gasteiger partial charge in [0, 0.05) is 6.20 Å². The van der Waals surface area contributed by atoms with Gasteiger partial charge in [0.15, 0.2) is 23.0 Å². The van der Waals surface area contributed by atoms with Gasteiger partial charge in [-0.1, -0.05) is 18.2 Å². The van der Waals surface area contributed by atoms with Gasteiger partial charge >= 0.3 is 0 Å². The lowest BCUT2D eigenvalue weighted by molar-refractivity contribution is 0.386. The number of para-hydroxylation sites is 1. The highest BCUT2D eigenvalue weighted by Gasteiger charge is 2.14. The molecule has 4 aromatic rings. The third kappa shape index (κ3) is 2.65. The Morgan fingerprint density at radius 1 is 0.846 bits per heavy atom. The van der Waals surface area contributed by atoms with Crippen molar-refractivity contribution in [3.63, 3.8) is 0 Å². The maximum Gasteiger partial charge on any atom is 0.172 e. The van der Waals surface area contributed by atoms with E-state index in [4.69, 9.17) is 9.47 Å². The topological polar surface area (TPSA) is 48.7 Å². The van der Waals surface area contributed by atoms with Gasteiger partial charge < -0.3 is 9.47 Å². The van der Waals surface area contributed by atoms with E-state index in [1.807, 2.05) is 53.1 Å². The maximum atomic E-state index is 14.1. The highest BCUT2D eigenvalue weighted by Crippen LogP contribution is 2.30. The molecular weight excluding hydrogens is 333 g/mol. The number of nitrogens with zero attached hydrogens (tertiary/aromatic N) is 3. The SMILES string of the molecule is COc1ccc(-c2ccc3nnc(-c4ccccc4OC)n3c2)cc1F. The molecule has 0 unspecified atom stereocenters. The molecule has 0 bridgehead atoms. The molecule has 2 aromatic heterocycles. The maximum absolute atomic E-state index is 14.1. The first-order valence-corrected chi connectivity index (χ1v) is 8.03. The molecule has 0 fully saturated rings. The van der Waals surface area contributed by atoms with Crippen molar-refractivity contribution < 1.29 is 13.9 Å². The van der Waals surface area contributed by atoms with Gasteiger partial charge in [-0.25, -0.2) is 4.39 Å². The van der Waals surface area contributed by atoms with Crippen LogP contribution in [0.5, 0.6) is 11.5 Å². The van der Waals surface area contributed by atoms with Crippen LogP contribution in [0.3, 0.4) is 0 Å². The van der Waals surface area contributed by atoms with Crippen LogP contribution < -0.4 is 9.47 Å².